The molecule has 2 N–H and O–H groups in total. The lowest BCUT2D eigenvalue weighted by atomic mass is 9.95. The van der Waals surface area contributed by atoms with Crippen molar-refractivity contribution in [2.75, 3.05) is 7.05 Å². The number of unbranched alkanes of at least 4 members (excludes halogenated alkanes) is 3. The molecule has 1 amide bonds. The Balaban J connectivity index is 2.85. The molecule has 1 fully saturated rings. The second kappa shape index (κ2) is 7.59. The maximum Gasteiger partial charge on any atom is 0.261 e. The molecule has 0 bridgehead atoms. The van der Waals surface area contributed by atoms with Gasteiger partial charge in [-0.25, -0.2) is 0 Å². The van der Waals surface area contributed by atoms with Gasteiger partial charge >= 0.3 is 0 Å². The summed E-state index contributed by atoms with van der Waals surface area (Å²) in [6.45, 7) is 5.43. The Morgan fingerprint density at radius 3 is 2.33 bits per heavy atom. The van der Waals surface area contributed by atoms with Gasteiger partial charge in [0.15, 0.2) is 5.78 Å². The van der Waals surface area contributed by atoms with Crippen LogP contribution in [0.3, 0.4) is 0 Å². The lowest BCUT2D eigenvalue weighted by Gasteiger charge is -2.19. The van der Waals surface area contributed by atoms with E-state index >= 15 is 0 Å². The first-order chi connectivity index (χ1) is 9.82. The zero-order chi connectivity index (χ0) is 16.2. The Morgan fingerprint density at radius 1 is 1.24 bits per heavy atom. The predicted molar refractivity (Wildman–Crippen MR) is 80.8 cm³/mol. The summed E-state index contributed by atoms with van der Waals surface area (Å²) in [5.41, 5.74) is -0.147. The van der Waals surface area contributed by atoms with E-state index in [1.54, 1.807) is 0 Å². The molecule has 5 nitrogen and oxygen atoms in total. The zero-order valence-corrected chi connectivity index (χ0v) is 13.4. The molecule has 1 rings (SSSR count). The Hall–Kier alpha value is -1.36. The number of carbonyl (C=O) groups excluding carboxylic acids is 2. The molecule has 3 atom stereocenters. The highest BCUT2D eigenvalue weighted by Crippen LogP contribution is 2.28. The Kier molecular flexibility index (Phi) is 6.40. The first-order valence-corrected chi connectivity index (χ1v) is 7.75. The van der Waals surface area contributed by atoms with E-state index in [2.05, 4.69) is 6.92 Å². The summed E-state index contributed by atoms with van der Waals surface area (Å²) < 4.78 is 0. The number of carbonyl (C=O) groups is 2. The van der Waals surface area contributed by atoms with Crippen molar-refractivity contribution in [2.45, 2.75) is 65.0 Å². The van der Waals surface area contributed by atoms with Crippen molar-refractivity contribution in [1.82, 2.24) is 4.90 Å². The minimum Gasteiger partial charge on any atom is -0.511 e. The fourth-order valence-corrected chi connectivity index (χ4v) is 2.77. The van der Waals surface area contributed by atoms with Gasteiger partial charge in [0.05, 0.1) is 6.10 Å². The molecule has 5 heteroatoms. The molecule has 0 aromatic heterocycles. The van der Waals surface area contributed by atoms with Crippen LogP contribution in [0.15, 0.2) is 11.3 Å². The lowest BCUT2D eigenvalue weighted by molar-refractivity contribution is -0.128. The van der Waals surface area contributed by atoms with E-state index in [1.807, 2.05) is 6.92 Å². The number of amides is 1. The van der Waals surface area contributed by atoms with Gasteiger partial charge < -0.3 is 15.1 Å². The van der Waals surface area contributed by atoms with Gasteiger partial charge in [0.2, 0.25) is 0 Å². The summed E-state index contributed by atoms with van der Waals surface area (Å²) in [4.78, 5) is 25.6. The van der Waals surface area contributed by atoms with E-state index in [0.717, 1.165) is 32.1 Å². The molecule has 120 valence electrons. The van der Waals surface area contributed by atoms with Crippen LogP contribution < -0.4 is 0 Å². The van der Waals surface area contributed by atoms with E-state index in [0.29, 0.717) is 0 Å². The monoisotopic (exact) mass is 297 g/mol. The lowest BCUT2D eigenvalue weighted by Crippen LogP contribution is -2.40. The number of likely N-dealkylation sites (N-methyl/N-ethyl adjacent to an activating group) is 1. The van der Waals surface area contributed by atoms with Gasteiger partial charge in [0.1, 0.15) is 17.4 Å². The molecule has 1 aliphatic rings. The molecule has 0 aromatic carbocycles. The van der Waals surface area contributed by atoms with Crippen LogP contribution in [0.2, 0.25) is 0 Å². The van der Waals surface area contributed by atoms with Crippen LogP contribution in [0.5, 0.6) is 0 Å². The van der Waals surface area contributed by atoms with Gasteiger partial charge in [-0.05, 0) is 13.3 Å². The smallest absolute Gasteiger partial charge is 0.261 e. The van der Waals surface area contributed by atoms with Gasteiger partial charge in [0.25, 0.3) is 5.91 Å². The normalized spacial score (nSPS) is 24.4. The van der Waals surface area contributed by atoms with Gasteiger partial charge in [-0.3, -0.25) is 9.59 Å². The highest BCUT2D eigenvalue weighted by atomic mass is 16.3. The molecular formula is C16H27NO4. The molecule has 1 heterocycles. The molecular weight excluding hydrogens is 270 g/mol. The molecule has 1 saturated heterocycles. The molecule has 0 spiro atoms. The van der Waals surface area contributed by atoms with E-state index in [-0.39, 0.29) is 17.3 Å². The van der Waals surface area contributed by atoms with Gasteiger partial charge in [-0.1, -0.05) is 39.5 Å². The van der Waals surface area contributed by atoms with Gasteiger partial charge in [0, 0.05) is 13.0 Å². The SMILES string of the molecule is CCCCCC[C@@H](C)/C(O)=C1\C(=O)[C@@H]([C@H](C)O)N(C)C1=O. The Bertz CT molecular complexity index is 428. The van der Waals surface area contributed by atoms with E-state index in [4.69, 9.17) is 0 Å². The quantitative estimate of drug-likeness (QED) is 0.327. The van der Waals surface area contributed by atoms with E-state index in [9.17, 15) is 19.8 Å². The average Bonchev–Trinajstić information content (AvgIpc) is 2.64. The van der Waals surface area contributed by atoms with Crippen LogP contribution in [0.1, 0.15) is 52.9 Å². The van der Waals surface area contributed by atoms with Crippen molar-refractivity contribution in [3.05, 3.63) is 11.3 Å². The molecule has 0 unspecified atom stereocenters. The van der Waals surface area contributed by atoms with Crippen molar-refractivity contribution < 1.29 is 19.8 Å². The number of nitrogens with zero attached hydrogens (tertiary/aromatic N) is 1. The Morgan fingerprint density at radius 2 is 1.86 bits per heavy atom. The highest BCUT2D eigenvalue weighted by molar-refractivity contribution is 6.26. The maximum absolute atomic E-state index is 12.2. The number of rotatable bonds is 7. The van der Waals surface area contributed by atoms with E-state index in [1.165, 1.54) is 18.9 Å². The number of hydrogen-bond donors (Lipinski definition) is 2. The van der Waals surface area contributed by atoms with Crippen LogP contribution in [-0.2, 0) is 9.59 Å². The summed E-state index contributed by atoms with van der Waals surface area (Å²) in [7, 11) is 1.48. The number of aliphatic hydroxyl groups excluding tert-OH is 2. The van der Waals surface area contributed by atoms with E-state index < -0.39 is 23.8 Å². The third-order valence-electron chi connectivity index (χ3n) is 4.14. The topological polar surface area (TPSA) is 77.8 Å². The molecule has 0 radical (unpaired) electrons. The first-order valence-electron chi connectivity index (χ1n) is 7.75. The van der Waals surface area contributed by atoms with Crippen molar-refractivity contribution in [3.63, 3.8) is 0 Å². The molecule has 1 aliphatic heterocycles. The third kappa shape index (κ3) is 3.84. The Labute approximate surface area is 126 Å². The third-order valence-corrected chi connectivity index (χ3v) is 4.14. The fourth-order valence-electron chi connectivity index (χ4n) is 2.77. The van der Waals surface area contributed by atoms with Gasteiger partial charge in [-0.2, -0.15) is 0 Å². The number of hydrogen-bond acceptors (Lipinski definition) is 4. The number of Topliss-reactive ketones (excluding diaryl/α,β-unsaturated/α-hetero) is 1. The van der Waals surface area contributed by atoms with Crippen LogP contribution in [0, 0.1) is 5.92 Å². The molecule has 0 aliphatic carbocycles. The number of ketones is 1. The summed E-state index contributed by atoms with van der Waals surface area (Å²) in [6, 6.07) is -0.887. The number of aliphatic hydroxyl groups is 2. The van der Waals surface area contributed by atoms with Crippen molar-refractivity contribution in [1.29, 1.82) is 0 Å². The van der Waals surface area contributed by atoms with Gasteiger partial charge in [-0.15, -0.1) is 0 Å². The second-order valence-electron chi connectivity index (χ2n) is 5.98. The van der Waals surface area contributed by atoms with Crippen molar-refractivity contribution in [2.24, 2.45) is 5.92 Å². The second-order valence-corrected chi connectivity index (χ2v) is 5.98. The number of allylic oxidation sites excluding steroid dienone is 1. The first kappa shape index (κ1) is 17.7. The predicted octanol–water partition coefficient (Wildman–Crippen LogP) is 2.20. The van der Waals surface area contributed by atoms with Crippen LogP contribution >= 0.6 is 0 Å². The highest BCUT2D eigenvalue weighted by Gasteiger charge is 2.45. The fraction of sp³-hybridized carbons (Fsp3) is 0.750. The minimum atomic E-state index is -0.948. The van der Waals surface area contributed by atoms with Crippen LogP contribution in [-0.4, -0.2) is 46.0 Å². The van der Waals surface area contributed by atoms with Crippen molar-refractivity contribution >= 4 is 11.7 Å². The molecule has 21 heavy (non-hydrogen) atoms. The minimum absolute atomic E-state index is 0.128. The summed E-state index contributed by atoms with van der Waals surface area (Å²) in [5.74, 6) is -1.32. The molecule has 0 saturated carbocycles. The maximum atomic E-state index is 12.2. The van der Waals surface area contributed by atoms with Crippen LogP contribution in [0.4, 0.5) is 0 Å². The van der Waals surface area contributed by atoms with Crippen molar-refractivity contribution in [3.8, 4) is 0 Å². The molecule has 0 aromatic rings. The number of likely N-dealkylation sites (tertiary alicyclic amines) is 1. The standard InChI is InChI=1S/C16H27NO4/c1-5-6-7-8-9-10(2)14(19)12-15(20)13(11(3)18)17(4)16(12)21/h10-11,13,18-19H,5-9H2,1-4H3/b14-12-/t10-,11+,13-/m1/s1. The largest absolute Gasteiger partial charge is 0.511 e. The zero-order valence-electron chi connectivity index (χ0n) is 13.4. The van der Waals surface area contributed by atoms with Crippen LogP contribution in [0.25, 0.3) is 0 Å². The summed E-state index contributed by atoms with van der Waals surface area (Å²) in [6.07, 6.45) is 4.13. The summed E-state index contributed by atoms with van der Waals surface area (Å²) in [5, 5.41) is 19.9. The average molecular weight is 297 g/mol. The summed E-state index contributed by atoms with van der Waals surface area (Å²) >= 11 is 0.